The number of hydrogen-bond donors (Lipinski definition) is 2. The molecule has 0 spiro atoms. The highest BCUT2D eigenvalue weighted by molar-refractivity contribution is 8.49. The van der Waals surface area contributed by atoms with Crippen LogP contribution in [0.3, 0.4) is 0 Å². The van der Waals surface area contributed by atoms with Crippen LogP contribution in [-0.4, -0.2) is 5.84 Å². The highest BCUT2D eigenvalue weighted by Crippen LogP contribution is 1.88. The molecule has 0 aliphatic carbocycles. The van der Waals surface area contributed by atoms with Crippen molar-refractivity contribution in [1.82, 2.24) is 0 Å². The molecule has 0 saturated carbocycles. The molecule has 0 aromatic heterocycles. The number of hydrogen-bond acceptors (Lipinski definition) is 4. The van der Waals surface area contributed by atoms with E-state index in [2.05, 4.69) is 0 Å². The molecule has 0 atom stereocenters. The third-order valence-electron chi connectivity index (χ3n) is 0.136. The molecule has 0 radical (unpaired) electrons. The van der Waals surface area contributed by atoms with Gasteiger partial charge in [-0.1, -0.05) is 0 Å². The second-order valence-electron chi connectivity index (χ2n) is 0.451. The predicted molar refractivity (Wildman–Crippen MR) is 30.7 cm³/mol. The molecule has 5 heavy (non-hydrogen) atoms. The van der Waals surface area contributed by atoms with Gasteiger partial charge in [0.2, 0.25) is 0 Å². The fourth-order valence-corrected chi connectivity index (χ4v) is 0.354. The van der Waals surface area contributed by atoms with Gasteiger partial charge >= 0.3 is 0 Å². The van der Waals surface area contributed by atoms with Gasteiger partial charge in [0.05, 0.1) is 0 Å². The fraction of sp³-hybridized carbons (Fsp3) is 0. The number of rotatable bonds is 2. The zero-order valence-electron chi connectivity index (χ0n) is 2.68. The van der Waals surface area contributed by atoms with E-state index in [0.717, 1.165) is 5.84 Å². The van der Waals surface area contributed by atoms with Crippen molar-refractivity contribution in [1.29, 1.82) is 0 Å². The summed E-state index contributed by atoms with van der Waals surface area (Å²) in [5.41, 5.74) is 0. The molecular weight excluding hydrogens is 103 g/mol. The maximum absolute atomic E-state index is 4.95. The number of nitrogens with two attached hydrogens (primary N) is 2. The maximum Gasteiger partial charge on any atom is 0.295 e. The van der Waals surface area contributed by atoms with E-state index in [1.807, 2.05) is 0 Å². The van der Waals surface area contributed by atoms with Gasteiger partial charge in [0, 0.05) is 0 Å². The first-order chi connectivity index (χ1) is 2.41. The van der Waals surface area contributed by atoms with E-state index in [9.17, 15) is 0 Å². The van der Waals surface area contributed by atoms with Crippen LogP contribution in [0.4, 0.5) is 0 Å². The van der Waals surface area contributed by atoms with Crippen LogP contribution in [0, 0.1) is 0 Å². The lowest BCUT2D eigenvalue weighted by molar-refractivity contribution is 2.06. The van der Waals surface area contributed by atoms with E-state index in [1.165, 1.54) is 23.6 Å². The molecule has 0 rings (SSSR count). The molecule has 0 saturated heterocycles. The third-order valence-corrected chi connectivity index (χ3v) is 1.22. The Balaban J connectivity index is 2.19. The molecule has 0 unspecified atom stereocenters. The van der Waals surface area contributed by atoms with Crippen molar-refractivity contribution in [2.75, 3.05) is 0 Å². The van der Waals surface area contributed by atoms with Crippen LogP contribution in [0.5, 0.6) is 0 Å². The Labute approximate surface area is 40.4 Å². The van der Waals surface area contributed by atoms with Crippen molar-refractivity contribution < 1.29 is 0 Å². The Morgan fingerprint density at radius 1 is 1.20 bits per heavy atom. The molecule has 0 aliphatic rings. The van der Waals surface area contributed by atoms with E-state index in [-0.39, 0.29) is 0 Å². The first-order valence-corrected chi connectivity index (χ1v) is 3.15. The molecule has 0 fully saturated rings. The van der Waals surface area contributed by atoms with Gasteiger partial charge in [-0.2, -0.15) is 0 Å². The fourth-order valence-electron chi connectivity index (χ4n) is 0.0393. The summed E-state index contributed by atoms with van der Waals surface area (Å²) in [4.78, 5) is 0. The van der Waals surface area contributed by atoms with E-state index < -0.39 is 0 Å². The van der Waals surface area contributed by atoms with Crippen LogP contribution in [0.2, 0.25) is 0 Å². The normalized spacial score (nSPS) is 7.60. The van der Waals surface area contributed by atoms with Gasteiger partial charge in [-0.3, -0.25) is 10.3 Å². The van der Waals surface area contributed by atoms with Gasteiger partial charge in [0.25, 0.3) is 5.84 Å². The molecule has 30 valence electrons. The molecule has 5 heteroatoms. The smallest absolute Gasteiger partial charge is 0.287 e. The van der Waals surface area contributed by atoms with E-state index >= 15 is 0 Å². The topological polar surface area (TPSA) is 52.0 Å². The van der Waals surface area contributed by atoms with Crippen molar-refractivity contribution in [3.05, 3.63) is 0 Å². The van der Waals surface area contributed by atoms with Crippen molar-refractivity contribution in [2.24, 2.45) is 10.3 Å². The van der Waals surface area contributed by atoms with E-state index in [4.69, 9.17) is 10.3 Å². The molecule has 0 heterocycles. The zero-order chi connectivity index (χ0) is 4.12. The molecule has 2 nitrogen and oxygen atoms in total. The van der Waals surface area contributed by atoms with Crippen LogP contribution in [0.25, 0.3) is 0 Å². The summed E-state index contributed by atoms with van der Waals surface area (Å²) in [6.45, 7) is 0. The Morgan fingerprint density at radius 2 is 1.60 bits per heavy atom. The lowest BCUT2D eigenvalue weighted by Gasteiger charge is -1.77. The molecular formula is H5BN2S2. The summed E-state index contributed by atoms with van der Waals surface area (Å²) >= 11 is 2.48. The van der Waals surface area contributed by atoms with Crippen molar-refractivity contribution in [3.8, 4) is 0 Å². The Kier molecular flexibility index (Phi) is 5.33. The van der Waals surface area contributed by atoms with Crippen LogP contribution in [0.1, 0.15) is 0 Å². The summed E-state index contributed by atoms with van der Waals surface area (Å²) in [7, 11) is 0. The lowest BCUT2D eigenvalue weighted by Crippen LogP contribution is -1.87. The Bertz CT molecular complexity index is 15.1. The summed E-state index contributed by atoms with van der Waals surface area (Å²) in [5.74, 6) is 0.778. The minimum atomic E-state index is 0.778. The minimum Gasteiger partial charge on any atom is -0.287 e. The first kappa shape index (κ1) is 5.68. The highest BCUT2D eigenvalue weighted by Gasteiger charge is 1.75. The third kappa shape index (κ3) is 4.68. The average Bonchev–Trinajstić information content (AvgIpc) is 1.41. The summed E-state index contributed by atoms with van der Waals surface area (Å²) < 4.78 is 0. The Morgan fingerprint density at radius 3 is 1.60 bits per heavy atom. The van der Waals surface area contributed by atoms with Crippen LogP contribution in [0.15, 0.2) is 0 Å². The van der Waals surface area contributed by atoms with Crippen molar-refractivity contribution in [3.63, 3.8) is 0 Å². The van der Waals surface area contributed by atoms with Crippen molar-refractivity contribution in [2.45, 2.75) is 0 Å². The van der Waals surface area contributed by atoms with Gasteiger partial charge in [0.15, 0.2) is 0 Å². The largest absolute Gasteiger partial charge is 0.295 e. The monoisotopic (exact) mass is 108 g/mol. The summed E-state index contributed by atoms with van der Waals surface area (Å²) in [5, 5.41) is 9.91. The van der Waals surface area contributed by atoms with Crippen molar-refractivity contribution >= 4 is 29.4 Å². The summed E-state index contributed by atoms with van der Waals surface area (Å²) in [6, 6.07) is 0. The average molecular weight is 108 g/mol. The zero-order valence-corrected chi connectivity index (χ0v) is 4.31. The summed E-state index contributed by atoms with van der Waals surface area (Å²) in [6.07, 6.45) is 0. The SMILES string of the molecule is NSBSN. The maximum atomic E-state index is 4.95. The van der Waals surface area contributed by atoms with Crippen LogP contribution < -0.4 is 10.3 Å². The highest BCUT2D eigenvalue weighted by atomic mass is 32.2. The second-order valence-corrected chi connectivity index (χ2v) is 2.06. The lowest BCUT2D eigenvalue weighted by atomic mass is 10.7. The van der Waals surface area contributed by atoms with Gasteiger partial charge in [-0.25, -0.2) is 0 Å². The van der Waals surface area contributed by atoms with Gasteiger partial charge < -0.3 is 0 Å². The van der Waals surface area contributed by atoms with Gasteiger partial charge in [0.1, 0.15) is 0 Å². The van der Waals surface area contributed by atoms with Gasteiger partial charge in [-0.05, 0) is 0 Å². The second kappa shape index (κ2) is 4.68. The molecule has 0 aromatic carbocycles. The van der Waals surface area contributed by atoms with Gasteiger partial charge in [-0.15, -0.1) is 23.6 Å². The standard InChI is InChI=1S/BH5N2S2/c2-4-1-5-3/h1H,2-3H2. The predicted octanol–water partition coefficient (Wildman–Crippen LogP) is -0.533. The van der Waals surface area contributed by atoms with Crippen LogP contribution in [-0.2, 0) is 0 Å². The van der Waals surface area contributed by atoms with E-state index in [1.54, 1.807) is 0 Å². The van der Waals surface area contributed by atoms with E-state index in [0.29, 0.717) is 0 Å². The molecule has 0 amide bonds. The molecule has 0 aromatic rings. The molecule has 0 bridgehead atoms. The molecule has 0 aliphatic heterocycles. The van der Waals surface area contributed by atoms with Crippen LogP contribution >= 0.6 is 23.6 Å². The first-order valence-electron chi connectivity index (χ1n) is 1.05. The minimum absolute atomic E-state index is 0.778. The molecule has 4 N–H and O–H groups in total. The Hall–Kier alpha value is 0.685. The quantitative estimate of drug-likeness (QED) is 0.368.